The Morgan fingerprint density at radius 3 is 2.82 bits per heavy atom. The average Bonchev–Trinajstić information content (AvgIpc) is 2.43. The minimum atomic E-state index is -2.80. The number of nitrogens with one attached hydrogen (secondary N) is 1. The average molecular weight is 260 g/mol. The molecule has 0 saturated carbocycles. The molecule has 0 amide bonds. The molecule has 1 N–H and O–H groups in total. The van der Waals surface area contributed by atoms with E-state index in [0.29, 0.717) is 5.75 Å². The van der Waals surface area contributed by atoms with Crippen molar-refractivity contribution in [1.82, 2.24) is 10.2 Å². The molecule has 2 aliphatic rings. The highest BCUT2D eigenvalue weighted by atomic mass is 32.2. The van der Waals surface area contributed by atoms with Crippen LogP contribution in [0.15, 0.2) is 0 Å². The lowest BCUT2D eigenvalue weighted by Gasteiger charge is -2.30. The third kappa shape index (κ3) is 3.42. The van der Waals surface area contributed by atoms with Crippen LogP contribution >= 0.6 is 0 Å². The van der Waals surface area contributed by atoms with Crippen molar-refractivity contribution in [2.75, 3.05) is 38.5 Å². The van der Waals surface area contributed by atoms with Gasteiger partial charge >= 0.3 is 0 Å². The van der Waals surface area contributed by atoms with Gasteiger partial charge in [-0.3, -0.25) is 0 Å². The molecule has 2 fully saturated rings. The van der Waals surface area contributed by atoms with E-state index >= 15 is 0 Å². The van der Waals surface area contributed by atoms with Gasteiger partial charge in [-0.1, -0.05) is 13.8 Å². The summed E-state index contributed by atoms with van der Waals surface area (Å²) in [6.45, 7) is 9.15. The molecule has 5 heteroatoms. The van der Waals surface area contributed by atoms with Gasteiger partial charge in [-0.05, 0) is 18.3 Å². The van der Waals surface area contributed by atoms with E-state index in [1.54, 1.807) is 0 Å². The first-order valence-corrected chi connectivity index (χ1v) is 8.25. The van der Waals surface area contributed by atoms with Crippen molar-refractivity contribution in [3.63, 3.8) is 0 Å². The van der Waals surface area contributed by atoms with Gasteiger partial charge in [0.1, 0.15) is 0 Å². The predicted molar refractivity (Wildman–Crippen MR) is 69.9 cm³/mol. The molecule has 0 aliphatic carbocycles. The Hall–Kier alpha value is -0.130. The lowest BCUT2D eigenvalue weighted by atomic mass is 9.93. The summed E-state index contributed by atoms with van der Waals surface area (Å²) in [5.41, 5.74) is 0.235. The zero-order valence-electron chi connectivity index (χ0n) is 10.9. The number of nitrogens with zero attached hydrogens (tertiary/aromatic N) is 1. The van der Waals surface area contributed by atoms with Crippen LogP contribution in [0, 0.1) is 5.41 Å². The van der Waals surface area contributed by atoms with E-state index in [4.69, 9.17) is 0 Å². The molecule has 2 rings (SSSR count). The molecule has 1 unspecified atom stereocenters. The van der Waals surface area contributed by atoms with Crippen LogP contribution in [0.1, 0.15) is 26.7 Å². The Bertz CT molecular complexity index is 365. The van der Waals surface area contributed by atoms with Crippen molar-refractivity contribution in [3.8, 4) is 0 Å². The molecule has 0 aromatic rings. The molecule has 1 atom stereocenters. The second-order valence-corrected chi connectivity index (χ2v) is 8.61. The van der Waals surface area contributed by atoms with Gasteiger partial charge in [-0.2, -0.15) is 0 Å². The molecule has 0 aromatic carbocycles. The molecule has 0 bridgehead atoms. The minimum Gasteiger partial charge on any atom is -0.315 e. The monoisotopic (exact) mass is 260 g/mol. The highest BCUT2D eigenvalue weighted by Gasteiger charge is 2.34. The molecule has 100 valence electrons. The Morgan fingerprint density at radius 2 is 2.18 bits per heavy atom. The second-order valence-electron chi connectivity index (χ2n) is 6.21. The van der Waals surface area contributed by atoms with Crippen LogP contribution < -0.4 is 5.32 Å². The molecule has 0 spiro atoms. The van der Waals surface area contributed by atoms with Crippen molar-refractivity contribution in [3.05, 3.63) is 0 Å². The summed E-state index contributed by atoms with van der Waals surface area (Å²) < 4.78 is 23.7. The topological polar surface area (TPSA) is 49.4 Å². The van der Waals surface area contributed by atoms with E-state index in [2.05, 4.69) is 24.1 Å². The third-order valence-corrected chi connectivity index (χ3v) is 6.04. The molecule has 0 aromatic heterocycles. The Kier molecular flexibility index (Phi) is 3.80. The van der Waals surface area contributed by atoms with E-state index in [-0.39, 0.29) is 10.7 Å². The lowest BCUT2D eigenvalue weighted by molar-refractivity contribution is 0.206. The zero-order chi connectivity index (χ0) is 12.5. The number of hydrogen-bond donors (Lipinski definition) is 1. The first-order valence-electron chi connectivity index (χ1n) is 6.54. The molecule has 0 radical (unpaired) electrons. The van der Waals surface area contributed by atoms with Crippen LogP contribution in [0.2, 0.25) is 0 Å². The second kappa shape index (κ2) is 4.86. The summed E-state index contributed by atoms with van der Waals surface area (Å²) in [6, 6.07) is 0. The van der Waals surface area contributed by atoms with Crippen molar-refractivity contribution in [2.24, 2.45) is 5.41 Å². The van der Waals surface area contributed by atoms with Crippen molar-refractivity contribution in [2.45, 2.75) is 31.9 Å². The largest absolute Gasteiger partial charge is 0.315 e. The SMILES string of the molecule is CC1(C)CNCCN(CC2CCCS2(=O)=O)C1. The van der Waals surface area contributed by atoms with Crippen LogP contribution in [-0.4, -0.2) is 57.0 Å². The Morgan fingerprint density at radius 1 is 1.41 bits per heavy atom. The van der Waals surface area contributed by atoms with Crippen LogP contribution in [0.5, 0.6) is 0 Å². The first kappa shape index (κ1) is 13.3. The van der Waals surface area contributed by atoms with Gasteiger partial charge in [-0.15, -0.1) is 0 Å². The van der Waals surface area contributed by atoms with Crippen molar-refractivity contribution >= 4 is 9.84 Å². The maximum atomic E-state index is 11.8. The first-order chi connectivity index (χ1) is 7.89. The summed E-state index contributed by atoms with van der Waals surface area (Å²) >= 11 is 0. The van der Waals surface area contributed by atoms with Crippen LogP contribution in [0.3, 0.4) is 0 Å². The molecular weight excluding hydrogens is 236 g/mol. The molecule has 17 heavy (non-hydrogen) atoms. The van der Waals surface area contributed by atoms with Gasteiger partial charge in [0.25, 0.3) is 0 Å². The summed E-state index contributed by atoms with van der Waals surface area (Å²) in [5, 5.41) is 3.31. The van der Waals surface area contributed by atoms with E-state index in [1.165, 1.54) is 0 Å². The summed E-state index contributed by atoms with van der Waals surface area (Å²) in [4.78, 5) is 2.33. The standard InChI is InChI=1S/C12H24N2O2S/c1-12(2)9-13-5-6-14(10-12)8-11-4-3-7-17(11,15)16/h11,13H,3-10H2,1-2H3. The normalized spacial score (nSPS) is 33.4. The fourth-order valence-electron chi connectivity index (χ4n) is 2.91. The van der Waals surface area contributed by atoms with E-state index in [9.17, 15) is 8.42 Å². The number of hydrogen-bond acceptors (Lipinski definition) is 4. The summed E-state index contributed by atoms with van der Waals surface area (Å²) in [7, 11) is -2.80. The van der Waals surface area contributed by atoms with E-state index in [0.717, 1.165) is 45.6 Å². The van der Waals surface area contributed by atoms with E-state index in [1.807, 2.05) is 0 Å². The van der Waals surface area contributed by atoms with Gasteiger partial charge in [0.2, 0.25) is 0 Å². The van der Waals surface area contributed by atoms with Crippen LogP contribution in [0.4, 0.5) is 0 Å². The lowest BCUT2D eigenvalue weighted by Crippen LogP contribution is -2.40. The van der Waals surface area contributed by atoms with Gasteiger partial charge in [0.15, 0.2) is 9.84 Å². The maximum Gasteiger partial charge on any atom is 0.154 e. The minimum absolute atomic E-state index is 0.114. The van der Waals surface area contributed by atoms with Gasteiger partial charge in [-0.25, -0.2) is 8.42 Å². The molecule has 2 heterocycles. The predicted octanol–water partition coefficient (Wildman–Crippen LogP) is 0.495. The van der Waals surface area contributed by atoms with Crippen LogP contribution in [-0.2, 0) is 9.84 Å². The summed E-state index contributed by atoms with van der Waals surface area (Å²) in [6.07, 6.45) is 1.70. The number of rotatable bonds is 2. The molecular formula is C12H24N2O2S. The van der Waals surface area contributed by atoms with Gasteiger partial charge in [0.05, 0.1) is 11.0 Å². The smallest absolute Gasteiger partial charge is 0.154 e. The highest BCUT2D eigenvalue weighted by Crippen LogP contribution is 2.23. The van der Waals surface area contributed by atoms with Gasteiger partial charge < -0.3 is 10.2 Å². The maximum absolute atomic E-state index is 11.8. The van der Waals surface area contributed by atoms with Crippen molar-refractivity contribution in [1.29, 1.82) is 0 Å². The molecule has 2 aliphatic heterocycles. The Labute approximate surface area is 105 Å². The fraction of sp³-hybridized carbons (Fsp3) is 1.00. The van der Waals surface area contributed by atoms with E-state index < -0.39 is 9.84 Å². The summed E-state index contributed by atoms with van der Waals surface area (Å²) in [5.74, 6) is 0.396. The molecule has 2 saturated heterocycles. The quantitative estimate of drug-likeness (QED) is 0.785. The van der Waals surface area contributed by atoms with Gasteiger partial charge in [0, 0.05) is 32.7 Å². The molecule has 4 nitrogen and oxygen atoms in total. The fourth-order valence-corrected chi connectivity index (χ4v) is 4.78. The zero-order valence-corrected chi connectivity index (χ0v) is 11.7. The van der Waals surface area contributed by atoms with Crippen molar-refractivity contribution < 1.29 is 8.42 Å². The number of sulfone groups is 1. The highest BCUT2D eigenvalue weighted by molar-refractivity contribution is 7.92. The third-order valence-electron chi connectivity index (χ3n) is 3.78. The Balaban J connectivity index is 1.98. The van der Waals surface area contributed by atoms with Crippen LogP contribution in [0.25, 0.3) is 0 Å².